The molecule has 3 rings (SSSR count). The van der Waals surface area contributed by atoms with Gasteiger partial charge in [0.15, 0.2) is 0 Å². The van der Waals surface area contributed by atoms with E-state index in [2.05, 4.69) is 4.98 Å². The molecule has 2 atom stereocenters. The van der Waals surface area contributed by atoms with Crippen LogP contribution in [0.2, 0.25) is 0 Å². The quantitative estimate of drug-likeness (QED) is 0.867. The molecule has 2 aromatic rings. The first-order valence-corrected chi connectivity index (χ1v) is 6.89. The predicted molar refractivity (Wildman–Crippen MR) is 77.6 cm³/mol. The first kappa shape index (κ1) is 13.1. The van der Waals surface area contributed by atoms with Crippen molar-refractivity contribution in [1.82, 2.24) is 9.88 Å². The zero-order valence-corrected chi connectivity index (χ0v) is 11.5. The number of ether oxygens (including phenoxy) is 1. The number of amides is 1. The molecule has 1 amide bonds. The summed E-state index contributed by atoms with van der Waals surface area (Å²) in [5.74, 6) is 0.0375. The Morgan fingerprint density at radius 2 is 2.35 bits per heavy atom. The third-order valence-electron chi connectivity index (χ3n) is 3.77. The molecule has 1 fully saturated rings. The Labute approximate surface area is 117 Å². The van der Waals surface area contributed by atoms with E-state index in [4.69, 9.17) is 10.5 Å². The molecule has 1 aromatic carbocycles. The van der Waals surface area contributed by atoms with E-state index in [1.165, 1.54) is 0 Å². The normalized spacial score (nSPS) is 21.1. The van der Waals surface area contributed by atoms with Crippen molar-refractivity contribution in [3.63, 3.8) is 0 Å². The summed E-state index contributed by atoms with van der Waals surface area (Å²) in [7, 11) is 0. The first-order chi connectivity index (χ1) is 9.65. The van der Waals surface area contributed by atoms with Crippen molar-refractivity contribution in [3.8, 4) is 0 Å². The molecule has 0 bridgehead atoms. The Balaban J connectivity index is 1.80. The highest BCUT2D eigenvalue weighted by molar-refractivity contribution is 5.98. The van der Waals surface area contributed by atoms with E-state index in [-0.39, 0.29) is 18.1 Å². The summed E-state index contributed by atoms with van der Waals surface area (Å²) in [4.78, 5) is 17.5. The fourth-order valence-corrected chi connectivity index (χ4v) is 2.54. The van der Waals surface area contributed by atoms with Crippen molar-refractivity contribution >= 4 is 16.8 Å². The minimum absolute atomic E-state index is 0.0375. The smallest absolute Gasteiger partial charge is 0.254 e. The van der Waals surface area contributed by atoms with Crippen molar-refractivity contribution in [2.75, 3.05) is 19.7 Å². The average molecular weight is 273 g/mol. The van der Waals surface area contributed by atoms with Crippen LogP contribution in [-0.2, 0) is 4.74 Å². The number of aromatic nitrogens is 1. The number of H-pyrrole nitrogens is 1. The number of carbonyl (C=O) groups excluding carboxylic acids is 1. The molecule has 1 saturated heterocycles. The lowest BCUT2D eigenvalue weighted by Crippen LogP contribution is -2.51. The zero-order valence-electron chi connectivity index (χ0n) is 11.5. The number of aromatic amines is 1. The van der Waals surface area contributed by atoms with Gasteiger partial charge in [-0.2, -0.15) is 0 Å². The highest BCUT2D eigenvalue weighted by Crippen LogP contribution is 2.17. The topological polar surface area (TPSA) is 71.3 Å². The molecule has 1 aliphatic heterocycles. The van der Waals surface area contributed by atoms with Gasteiger partial charge >= 0.3 is 0 Å². The Hall–Kier alpha value is -1.85. The Morgan fingerprint density at radius 1 is 1.50 bits per heavy atom. The number of nitrogens with one attached hydrogen (secondary N) is 1. The molecule has 2 unspecified atom stereocenters. The van der Waals surface area contributed by atoms with E-state index >= 15 is 0 Å². The second-order valence-electron chi connectivity index (χ2n) is 5.30. The van der Waals surface area contributed by atoms with E-state index in [9.17, 15) is 4.79 Å². The van der Waals surface area contributed by atoms with Crippen LogP contribution < -0.4 is 5.73 Å². The Bertz CT molecular complexity index is 620. The number of hydrogen-bond donors (Lipinski definition) is 2. The van der Waals surface area contributed by atoms with E-state index < -0.39 is 0 Å². The summed E-state index contributed by atoms with van der Waals surface area (Å²) in [5.41, 5.74) is 7.54. The largest absolute Gasteiger partial charge is 0.373 e. The number of nitrogens with zero attached hydrogens (tertiary/aromatic N) is 1. The van der Waals surface area contributed by atoms with Gasteiger partial charge in [0.2, 0.25) is 0 Å². The third-order valence-corrected chi connectivity index (χ3v) is 3.77. The third kappa shape index (κ3) is 2.42. The first-order valence-electron chi connectivity index (χ1n) is 6.89. The van der Waals surface area contributed by atoms with Crippen LogP contribution in [0.15, 0.2) is 30.5 Å². The number of rotatable bonds is 2. The van der Waals surface area contributed by atoms with E-state index in [0.717, 1.165) is 10.9 Å². The molecular weight excluding hydrogens is 254 g/mol. The highest BCUT2D eigenvalue weighted by Gasteiger charge is 2.27. The van der Waals surface area contributed by atoms with Gasteiger partial charge in [-0.15, -0.1) is 0 Å². The van der Waals surface area contributed by atoms with Crippen molar-refractivity contribution in [3.05, 3.63) is 36.0 Å². The van der Waals surface area contributed by atoms with Gasteiger partial charge in [-0.1, -0.05) is 6.07 Å². The minimum Gasteiger partial charge on any atom is -0.373 e. The number of nitrogens with two attached hydrogens (primary N) is 1. The molecule has 5 nitrogen and oxygen atoms in total. The van der Waals surface area contributed by atoms with Crippen LogP contribution in [0.3, 0.4) is 0 Å². The van der Waals surface area contributed by atoms with Crippen molar-refractivity contribution in [1.29, 1.82) is 0 Å². The van der Waals surface area contributed by atoms with Crippen LogP contribution in [0.4, 0.5) is 0 Å². The fourth-order valence-electron chi connectivity index (χ4n) is 2.54. The number of carbonyl (C=O) groups is 1. The number of benzene rings is 1. The molecular formula is C15H19N3O2. The van der Waals surface area contributed by atoms with Gasteiger partial charge in [-0.25, -0.2) is 0 Å². The van der Waals surface area contributed by atoms with Gasteiger partial charge < -0.3 is 20.4 Å². The summed E-state index contributed by atoms with van der Waals surface area (Å²) >= 11 is 0. The summed E-state index contributed by atoms with van der Waals surface area (Å²) < 4.78 is 5.59. The highest BCUT2D eigenvalue weighted by atomic mass is 16.5. The summed E-state index contributed by atoms with van der Waals surface area (Å²) in [6, 6.07) is 7.65. The standard InChI is InChI=1S/C15H19N3O2/c1-10(16)14-9-18(6-7-20-14)15(19)12-3-2-11-4-5-17-13(11)8-12/h2-5,8,10,14,17H,6-7,9,16H2,1H3. The molecule has 1 aromatic heterocycles. The van der Waals surface area contributed by atoms with Crippen molar-refractivity contribution < 1.29 is 9.53 Å². The molecule has 0 radical (unpaired) electrons. The Kier molecular flexibility index (Phi) is 3.46. The second kappa shape index (κ2) is 5.26. The number of morpholine rings is 1. The van der Waals surface area contributed by atoms with Crippen LogP contribution in [0, 0.1) is 0 Å². The van der Waals surface area contributed by atoms with Crippen LogP contribution in [0.1, 0.15) is 17.3 Å². The van der Waals surface area contributed by atoms with Crippen LogP contribution >= 0.6 is 0 Å². The van der Waals surface area contributed by atoms with Crippen LogP contribution in [0.25, 0.3) is 10.9 Å². The predicted octanol–water partition coefficient (Wildman–Crippen LogP) is 1.36. The van der Waals surface area contributed by atoms with Gasteiger partial charge in [0.25, 0.3) is 5.91 Å². The minimum atomic E-state index is -0.0816. The van der Waals surface area contributed by atoms with Gasteiger partial charge in [-0.05, 0) is 30.5 Å². The lowest BCUT2D eigenvalue weighted by molar-refractivity contribution is -0.0300. The van der Waals surface area contributed by atoms with E-state index in [1.54, 1.807) is 0 Å². The van der Waals surface area contributed by atoms with E-state index in [0.29, 0.717) is 25.3 Å². The average Bonchev–Trinajstić information content (AvgIpc) is 2.94. The molecule has 0 saturated carbocycles. The summed E-state index contributed by atoms with van der Waals surface area (Å²) in [6.45, 7) is 3.62. The van der Waals surface area contributed by atoms with Crippen LogP contribution in [-0.4, -0.2) is 47.6 Å². The molecule has 1 aliphatic rings. The van der Waals surface area contributed by atoms with Gasteiger partial charge in [-0.3, -0.25) is 4.79 Å². The molecule has 2 heterocycles. The molecule has 0 spiro atoms. The van der Waals surface area contributed by atoms with E-state index in [1.807, 2.05) is 42.3 Å². The molecule has 0 aliphatic carbocycles. The number of hydrogen-bond acceptors (Lipinski definition) is 3. The molecule has 106 valence electrons. The fraction of sp³-hybridized carbons (Fsp3) is 0.400. The lowest BCUT2D eigenvalue weighted by atomic mass is 10.1. The van der Waals surface area contributed by atoms with Crippen molar-refractivity contribution in [2.45, 2.75) is 19.1 Å². The summed E-state index contributed by atoms with van der Waals surface area (Å²) in [6.07, 6.45) is 1.79. The second-order valence-corrected chi connectivity index (χ2v) is 5.30. The maximum absolute atomic E-state index is 12.5. The van der Waals surface area contributed by atoms with Gasteiger partial charge in [0.1, 0.15) is 0 Å². The van der Waals surface area contributed by atoms with Crippen molar-refractivity contribution in [2.24, 2.45) is 5.73 Å². The van der Waals surface area contributed by atoms with Gasteiger partial charge in [0.05, 0.1) is 12.7 Å². The zero-order chi connectivity index (χ0) is 14.1. The SMILES string of the molecule is CC(N)C1CN(C(=O)c2ccc3cc[nH]c3c2)CCO1. The maximum atomic E-state index is 12.5. The molecule has 5 heteroatoms. The lowest BCUT2D eigenvalue weighted by Gasteiger charge is -2.34. The Morgan fingerprint density at radius 3 is 3.15 bits per heavy atom. The van der Waals surface area contributed by atoms with Gasteiger partial charge in [0, 0.05) is 36.4 Å². The number of fused-ring (bicyclic) bond motifs is 1. The molecule has 3 N–H and O–H groups in total. The summed E-state index contributed by atoms with van der Waals surface area (Å²) in [5, 5.41) is 1.11. The molecule has 20 heavy (non-hydrogen) atoms. The maximum Gasteiger partial charge on any atom is 0.254 e. The van der Waals surface area contributed by atoms with Crippen LogP contribution in [0.5, 0.6) is 0 Å². The monoisotopic (exact) mass is 273 g/mol.